The van der Waals surface area contributed by atoms with Gasteiger partial charge in [0.15, 0.2) is 6.61 Å². The summed E-state index contributed by atoms with van der Waals surface area (Å²) >= 11 is 0. The maximum atomic E-state index is 12.9. The van der Waals surface area contributed by atoms with E-state index in [0.717, 1.165) is 12.0 Å². The smallest absolute Gasteiger partial charge is 0.264 e. The van der Waals surface area contributed by atoms with E-state index in [0.29, 0.717) is 24.5 Å². The van der Waals surface area contributed by atoms with Gasteiger partial charge >= 0.3 is 0 Å². The molecule has 0 saturated heterocycles. The molecule has 0 fully saturated rings. The normalized spacial score (nSPS) is 13.4. The number of hydrogen-bond donors (Lipinski definition) is 0. The molecule has 0 bridgehead atoms. The van der Waals surface area contributed by atoms with Gasteiger partial charge in [0.1, 0.15) is 5.75 Å². The Labute approximate surface area is 189 Å². The Hall–Kier alpha value is -3.32. The zero-order valence-corrected chi connectivity index (χ0v) is 19.0. The zero-order chi connectivity index (χ0) is 22.7. The topological polar surface area (TPSA) is 66.9 Å². The van der Waals surface area contributed by atoms with Crippen LogP contribution in [0, 0.1) is 6.92 Å². The first-order chi connectivity index (χ1) is 15.3. The second kappa shape index (κ2) is 9.04. The van der Waals surface area contributed by atoms with Gasteiger partial charge in [-0.2, -0.15) is 0 Å². The standard InChI is InChI=1S/C25H26N2O4S/c1-19-7-13-24(14-8-19)32(29,30)26(2)22-9-11-23(12-10-22)31-18-25(28)27-16-15-20-5-3-4-6-21(20)17-27/h3-14H,15-18H2,1-2H3. The number of ether oxygens (including phenoxy) is 1. The highest BCUT2D eigenvalue weighted by molar-refractivity contribution is 7.92. The van der Waals surface area contributed by atoms with Crippen molar-refractivity contribution in [3.8, 4) is 5.75 Å². The highest BCUT2D eigenvalue weighted by Crippen LogP contribution is 2.25. The van der Waals surface area contributed by atoms with Crippen molar-refractivity contribution >= 4 is 21.6 Å². The van der Waals surface area contributed by atoms with Crippen molar-refractivity contribution in [3.63, 3.8) is 0 Å². The first-order valence-corrected chi connectivity index (χ1v) is 11.9. The van der Waals surface area contributed by atoms with Crippen LogP contribution in [-0.2, 0) is 27.8 Å². The summed E-state index contributed by atoms with van der Waals surface area (Å²) in [6.45, 7) is 3.13. The van der Waals surface area contributed by atoms with Gasteiger partial charge in [0, 0.05) is 20.1 Å². The zero-order valence-electron chi connectivity index (χ0n) is 18.2. The summed E-state index contributed by atoms with van der Waals surface area (Å²) in [7, 11) is -2.14. The van der Waals surface area contributed by atoms with Crippen molar-refractivity contribution in [1.82, 2.24) is 4.90 Å². The number of benzene rings is 3. The number of anilines is 1. The third-order valence-corrected chi connectivity index (χ3v) is 7.53. The number of nitrogens with zero attached hydrogens (tertiary/aromatic N) is 2. The molecule has 0 aliphatic carbocycles. The molecule has 0 radical (unpaired) electrons. The van der Waals surface area contributed by atoms with Crippen LogP contribution < -0.4 is 9.04 Å². The molecule has 7 heteroatoms. The van der Waals surface area contributed by atoms with Gasteiger partial charge in [0.25, 0.3) is 15.9 Å². The summed E-state index contributed by atoms with van der Waals surface area (Å²) in [5.74, 6) is 0.447. The van der Waals surface area contributed by atoms with Gasteiger partial charge in [0.05, 0.1) is 10.6 Å². The summed E-state index contributed by atoms with van der Waals surface area (Å²) in [4.78, 5) is 14.6. The van der Waals surface area contributed by atoms with Gasteiger partial charge in [0.2, 0.25) is 0 Å². The van der Waals surface area contributed by atoms with Crippen LogP contribution in [0.15, 0.2) is 77.7 Å². The molecule has 4 rings (SSSR count). The molecule has 32 heavy (non-hydrogen) atoms. The van der Waals surface area contributed by atoms with Crippen LogP contribution in [0.5, 0.6) is 5.75 Å². The maximum absolute atomic E-state index is 12.9. The lowest BCUT2D eigenvalue weighted by molar-refractivity contribution is -0.134. The molecule has 1 aliphatic heterocycles. The van der Waals surface area contributed by atoms with E-state index >= 15 is 0 Å². The molecule has 0 aromatic heterocycles. The van der Waals surface area contributed by atoms with Gasteiger partial charge in [-0.25, -0.2) is 8.42 Å². The van der Waals surface area contributed by atoms with Crippen LogP contribution in [0.1, 0.15) is 16.7 Å². The SMILES string of the molecule is Cc1ccc(S(=O)(=O)N(C)c2ccc(OCC(=O)N3CCc4ccccc4C3)cc2)cc1. The molecule has 166 valence electrons. The average molecular weight is 451 g/mol. The molecule has 0 N–H and O–H groups in total. The van der Waals surface area contributed by atoms with Crippen molar-refractivity contribution in [2.24, 2.45) is 0 Å². The van der Waals surface area contributed by atoms with E-state index in [1.165, 1.54) is 22.5 Å². The summed E-state index contributed by atoms with van der Waals surface area (Å²) < 4.78 is 32.6. The first kappa shape index (κ1) is 21.9. The second-order valence-corrected chi connectivity index (χ2v) is 9.87. The fourth-order valence-corrected chi connectivity index (χ4v) is 4.90. The van der Waals surface area contributed by atoms with Crippen molar-refractivity contribution in [1.29, 1.82) is 0 Å². The first-order valence-electron chi connectivity index (χ1n) is 10.5. The van der Waals surface area contributed by atoms with Crippen molar-refractivity contribution in [2.75, 3.05) is 24.5 Å². The fourth-order valence-electron chi connectivity index (χ4n) is 3.70. The average Bonchev–Trinajstić information content (AvgIpc) is 2.82. The highest BCUT2D eigenvalue weighted by Gasteiger charge is 2.22. The van der Waals surface area contributed by atoms with Crippen LogP contribution in [0.4, 0.5) is 5.69 Å². The van der Waals surface area contributed by atoms with E-state index in [1.54, 1.807) is 53.4 Å². The Morgan fingerprint density at radius 1 is 0.969 bits per heavy atom. The van der Waals surface area contributed by atoms with E-state index < -0.39 is 10.0 Å². The fraction of sp³-hybridized carbons (Fsp3) is 0.240. The van der Waals surface area contributed by atoms with E-state index in [1.807, 2.05) is 19.1 Å². The molecule has 1 amide bonds. The van der Waals surface area contributed by atoms with Crippen LogP contribution in [0.2, 0.25) is 0 Å². The summed E-state index contributed by atoms with van der Waals surface area (Å²) in [5, 5.41) is 0. The molecular weight excluding hydrogens is 424 g/mol. The van der Waals surface area contributed by atoms with Crippen LogP contribution in [0.3, 0.4) is 0 Å². The van der Waals surface area contributed by atoms with E-state index in [4.69, 9.17) is 4.74 Å². The lowest BCUT2D eigenvalue weighted by Crippen LogP contribution is -2.38. The minimum atomic E-state index is -3.65. The van der Waals surface area contributed by atoms with E-state index in [-0.39, 0.29) is 17.4 Å². The number of fused-ring (bicyclic) bond motifs is 1. The van der Waals surface area contributed by atoms with Gasteiger partial charge in [-0.1, -0.05) is 42.0 Å². The van der Waals surface area contributed by atoms with Gasteiger partial charge < -0.3 is 9.64 Å². The number of sulfonamides is 1. The second-order valence-electron chi connectivity index (χ2n) is 7.90. The van der Waals surface area contributed by atoms with Gasteiger partial charge in [-0.05, 0) is 60.9 Å². The van der Waals surface area contributed by atoms with Crippen LogP contribution in [0.25, 0.3) is 0 Å². The van der Waals surface area contributed by atoms with Crippen molar-refractivity contribution < 1.29 is 17.9 Å². The Morgan fingerprint density at radius 3 is 2.31 bits per heavy atom. The Bertz CT molecular complexity index is 1210. The van der Waals surface area contributed by atoms with Gasteiger partial charge in [-0.15, -0.1) is 0 Å². The molecule has 3 aromatic rings. The monoisotopic (exact) mass is 450 g/mol. The molecule has 1 heterocycles. The predicted molar refractivity (Wildman–Crippen MR) is 124 cm³/mol. The van der Waals surface area contributed by atoms with Crippen molar-refractivity contribution in [2.45, 2.75) is 24.8 Å². The van der Waals surface area contributed by atoms with Crippen molar-refractivity contribution in [3.05, 3.63) is 89.5 Å². The van der Waals surface area contributed by atoms with Crippen LogP contribution >= 0.6 is 0 Å². The van der Waals surface area contributed by atoms with Gasteiger partial charge in [-0.3, -0.25) is 9.10 Å². The lowest BCUT2D eigenvalue weighted by atomic mass is 10.00. The minimum Gasteiger partial charge on any atom is -0.484 e. The molecule has 0 saturated carbocycles. The third kappa shape index (κ3) is 4.62. The number of carbonyl (C=O) groups excluding carboxylic acids is 1. The molecule has 3 aromatic carbocycles. The number of rotatable bonds is 6. The molecule has 0 spiro atoms. The minimum absolute atomic E-state index is 0.0565. The molecule has 0 atom stereocenters. The predicted octanol–water partition coefficient (Wildman–Crippen LogP) is 3.78. The molecule has 0 unspecified atom stereocenters. The summed E-state index contributed by atoms with van der Waals surface area (Å²) in [5.41, 5.74) is 3.97. The van der Waals surface area contributed by atoms with E-state index in [9.17, 15) is 13.2 Å². The Kier molecular flexibility index (Phi) is 6.19. The molecule has 6 nitrogen and oxygen atoms in total. The Morgan fingerprint density at radius 2 is 1.62 bits per heavy atom. The maximum Gasteiger partial charge on any atom is 0.264 e. The third-order valence-electron chi connectivity index (χ3n) is 5.73. The molecular formula is C25H26N2O4S. The number of hydrogen-bond acceptors (Lipinski definition) is 4. The number of carbonyl (C=O) groups is 1. The summed E-state index contributed by atoms with van der Waals surface area (Å²) in [6.07, 6.45) is 0.846. The number of aryl methyl sites for hydroxylation is 1. The number of amides is 1. The lowest BCUT2D eigenvalue weighted by Gasteiger charge is -2.28. The summed E-state index contributed by atoms with van der Waals surface area (Å²) in [6, 6.07) is 21.6. The molecule has 1 aliphatic rings. The van der Waals surface area contributed by atoms with E-state index in [2.05, 4.69) is 12.1 Å². The van der Waals surface area contributed by atoms with Crippen LogP contribution in [-0.4, -0.2) is 39.4 Å². The highest BCUT2D eigenvalue weighted by atomic mass is 32.2. The Balaban J connectivity index is 1.37. The largest absolute Gasteiger partial charge is 0.484 e. The quantitative estimate of drug-likeness (QED) is 0.573.